The van der Waals surface area contributed by atoms with E-state index in [1.165, 1.54) is 41.7 Å². The van der Waals surface area contributed by atoms with Gasteiger partial charge in [0.15, 0.2) is 17.3 Å². The van der Waals surface area contributed by atoms with E-state index in [0.29, 0.717) is 22.1 Å². The van der Waals surface area contributed by atoms with Gasteiger partial charge in [-0.15, -0.1) is 19.7 Å². The normalized spacial score (nSPS) is 18.3. The number of hydrogen-bond acceptors (Lipinski definition) is 4. The zero-order chi connectivity index (χ0) is 41.9. The fraction of sp³-hybridized carbons (Fsp3) is 0.449. The standard InChI is InChI=1S/C15H22.C12H14O2.C10H10O2.3C4H8/c1-13(2)11-9-7-8-10-12(11)14(3,4)15(13,5)6;1-11(2)9-7-5-4-6-8(9)10(13)12(11,3)14;1-7(11)9-5-3-4-6-10(9)8(2)12;3*1-4(2)3/h7-10H,1-6H3;4-7,14H,1-3H3;3-6H,1-2H3;3*1H2,2-3H3. The molecule has 53 heavy (non-hydrogen) atoms. The number of allylic oxidation sites excluding steroid dienone is 3. The van der Waals surface area contributed by atoms with Gasteiger partial charge < -0.3 is 5.11 Å². The quantitative estimate of drug-likeness (QED) is 0.211. The number of carbonyl (C=O) groups excluding carboxylic acids is 3. The number of fused-ring (bicyclic) bond motifs is 2. The number of ketones is 3. The molecule has 0 spiro atoms. The maximum atomic E-state index is 11.9. The van der Waals surface area contributed by atoms with Crippen molar-refractivity contribution in [3.8, 4) is 0 Å². The van der Waals surface area contributed by atoms with Crippen LogP contribution in [-0.4, -0.2) is 28.1 Å². The van der Waals surface area contributed by atoms with Gasteiger partial charge >= 0.3 is 0 Å². The first-order valence-corrected chi connectivity index (χ1v) is 18.4. The second-order valence-electron chi connectivity index (χ2n) is 17.3. The zero-order valence-electron chi connectivity index (χ0n) is 36.2. The Morgan fingerprint density at radius 3 is 1.02 bits per heavy atom. The van der Waals surface area contributed by atoms with E-state index >= 15 is 0 Å². The monoisotopic (exact) mass is 723 g/mol. The third kappa shape index (κ3) is 11.9. The summed E-state index contributed by atoms with van der Waals surface area (Å²) in [5, 5.41) is 10.2. The highest BCUT2D eigenvalue weighted by Gasteiger charge is 2.56. The SMILES string of the molecule is C=C(C)C.C=C(C)C.C=C(C)C.CC(=O)c1ccccc1C(C)=O.CC1(C)c2ccccc2C(C)(C)C1(C)C.CC1(O)C(=O)c2ccccc2C1(C)C. The number of aliphatic hydroxyl groups is 1. The van der Waals surface area contributed by atoms with Crippen LogP contribution in [0, 0.1) is 5.41 Å². The average Bonchev–Trinajstić information content (AvgIpc) is 3.23. The van der Waals surface area contributed by atoms with Crippen molar-refractivity contribution in [3.05, 3.63) is 143 Å². The van der Waals surface area contributed by atoms with Crippen LogP contribution in [0.5, 0.6) is 0 Å². The van der Waals surface area contributed by atoms with Gasteiger partial charge in [0.2, 0.25) is 0 Å². The van der Waals surface area contributed by atoms with E-state index in [2.05, 4.69) is 85.5 Å². The molecule has 290 valence electrons. The molecule has 1 atom stereocenters. The van der Waals surface area contributed by atoms with Crippen molar-refractivity contribution in [2.45, 2.75) is 140 Å². The first-order valence-electron chi connectivity index (χ1n) is 18.4. The molecule has 2 aliphatic rings. The third-order valence-electron chi connectivity index (χ3n) is 10.6. The summed E-state index contributed by atoms with van der Waals surface area (Å²) in [6.45, 7) is 45.1. The zero-order valence-corrected chi connectivity index (χ0v) is 36.2. The average molecular weight is 723 g/mol. The summed E-state index contributed by atoms with van der Waals surface area (Å²) in [6, 6.07) is 23.2. The van der Waals surface area contributed by atoms with E-state index in [4.69, 9.17) is 0 Å². The minimum Gasteiger partial charge on any atom is -0.381 e. The van der Waals surface area contributed by atoms with Gasteiger partial charge in [-0.1, -0.05) is 145 Å². The maximum Gasteiger partial charge on any atom is 0.195 e. The second kappa shape index (κ2) is 19.3. The molecule has 0 saturated carbocycles. The Labute approximate surface area is 323 Å². The Morgan fingerprint density at radius 2 is 0.736 bits per heavy atom. The maximum absolute atomic E-state index is 11.9. The minimum atomic E-state index is -1.28. The molecule has 0 bridgehead atoms. The highest BCUT2D eigenvalue weighted by Crippen LogP contribution is 2.61. The topological polar surface area (TPSA) is 71.4 Å². The summed E-state index contributed by atoms with van der Waals surface area (Å²) in [6.07, 6.45) is 0. The Bertz CT molecular complexity index is 1660. The van der Waals surface area contributed by atoms with Crippen molar-refractivity contribution in [2.75, 3.05) is 0 Å². The van der Waals surface area contributed by atoms with Crippen LogP contribution >= 0.6 is 0 Å². The van der Waals surface area contributed by atoms with E-state index in [9.17, 15) is 19.5 Å². The Morgan fingerprint density at radius 1 is 0.472 bits per heavy atom. The Hall–Kier alpha value is -4.15. The lowest BCUT2D eigenvalue weighted by atomic mass is 9.59. The van der Waals surface area contributed by atoms with E-state index in [1.54, 1.807) is 37.3 Å². The number of rotatable bonds is 2. The molecule has 0 saturated heterocycles. The fourth-order valence-electron chi connectivity index (χ4n) is 6.16. The molecule has 4 heteroatoms. The van der Waals surface area contributed by atoms with Gasteiger partial charge in [-0.05, 0) is 95.2 Å². The van der Waals surface area contributed by atoms with Gasteiger partial charge in [0.25, 0.3) is 0 Å². The molecule has 0 radical (unpaired) electrons. The van der Waals surface area contributed by atoms with E-state index < -0.39 is 11.0 Å². The molecule has 2 aliphatic carbocycles. The van der Waals surface area contributed by atoms with Crippen LogP contribution in [0.3, 0.4) is 0 Å². The molecular formula is C49H70O4. The molecule has 0 fully saturated rings. The van der Waals surface area contributed by atoms with Gasteiger partial charge in [0.05, 0.1) is 0 Å². The van der Waals surface area contributed by atoms with Crippen molar-refractivity contribution in [1.29, 1.82) is 0 Å². The van der Waals surface area contributed by atoms with Crippen LogP contribution in [0.2, 0.25) is 0 Å². The van der Waals surface area contributed by atoms with Crippen molar-refractivity contribution in [1.82, 2.24) is 0 Å². The van der Waals surface area contributed by atoms with Gasteiger partial charge in [0, 0.05) is 22.1 Å². The van der Waals surface area contributed by atoms with E-state index in [1.807, 2.05) is 73.6 Å². The fourth-order valence-corrected chi connectivity index (χ4v) is 6.16. The molecule has 1 unspecified atom stereocenters. The van der Waals surface area contributed by atoms with E-state index in [0.717, 1.165) is 5.56 Å². The Balaban J connectivity index is 0.000000667. The van der Waals surface area contributed by atoms with Crippen molar-refractivity contribution in [3.63, 3.8) is 0 Å². The summed E-state index contributed by atoms with van der Waals surface area (Å²) < 4.78 is 0. The molecule has 1 N–H and O–H groups in total. The first-order chi connectivity index (χ1) is 23.9. The highest BCUT2D eigenvalue weighted by atomic mass is 16.3. The summed E-state index contributed by atoms with van der Waals surface area (Å²) >= 11 is 0. The third-order valence-corrected chi connectivity index (χ3v) is 10.6. The molecule has 0 aliphatic heterocycles. The Kier molecular flexibility index (Phi) is 17.7. The van der Waals surface area contributed by atoms with Crippen LogP contribution < -0.4 is 0 Å². The number of Topliss-reactive ketones (excluding diaryl/α,β-unsaturated/α-hetero) is 3. The first kappa shape index (κ1) is 48.9. The smallest absolute Gasteiger partial charge is 0.195 e. The van der Waals surface area contributed by atoms with Crippen molar-refractivity contribution < 1.29 is 19.5 Å². The number of carbonyl (C=O) groups is 3. The van der Waals surface area contributed by atoms with E-state index in [-0.39, 0.29) is 28.2 Å². The van der Waals surface area contributed by atoms with Gasteiger partial charge in [-0.25, -0.2) is 0 Å². The number of benzene rings is 3. The molecule has 3 aromatic carbocycles. The van der Waals surface area contributed by atoms with Crippen molar-refractivity contribution in [2.24, 2.45) is 5.41 Å². The molecule has 0 aromatic heterocycles. The highest BCUT2D eigenvalue weighted by molar-refractivity contribution is 6.08. The second-order valence-corrected chi connectivity index (χ2v) is 17.3. The van der Waals surface area contributed by atoms with Crippen LogP contribution in [0.25, 0.3) is 0 Å². The van der Waals surface area contributed by atoms with Crippen LogP contribution in [0.15, 0.2) is 109 Å². The van der Waals surface area contributed by atoms with Gasteiger partial charge in [0.1, 0.15) is 5.60 Å². The molecule has 5 rings (SSSR count). The molecular weight excluding hydrogens is 653 g/mol. The summed E-state index contributed by atoms with van der Waals surface area (Å²) in [4.78, 5) is 33.9. The predicted octanol–water partition coefficient (Wildman–Crippen LogP) is 13.0. The largest absolute Gasteiger partial charge is 0.381 e. The lowest BCUT2D eigenvalue weighted by Gasteiger charge is -2.44. The molecule has 4 nitrogen and oxygen atoms in total. The lowest BCUT2D eigenvalue weighted by molar-refractivity contribution is 0.0122. The van der Waals surface area contributed by atoms with Gasteiger partial charge in [-0.2, -0.15) is 0 Å². The van der Waals surface area contributed by atoms with Crippen LogP contribution in [0.4, 0.5) is 0 Å². The van der Waals surface area contributed by atoms with Crippen LogP contribution in [-0.2, 0) is 16.2 Å². The molecule has 0 heterocycles. The lowest BCUT2D eigenvalue weighted by Crippen LogP contribution is -2.45. The minimum absolute atomic E-state index is 0.0687. The summed E-state index contributed by atoms with van der Waals surface area (Å²) in [5.74, 6) is -0.306. The summed E-state index contributed by atoms with van der Waals surface area (Å²) in [5.41, 5.74) is 8.19. The van der Waals surface area contributed by atoms with Crippen LogP contribution in [0.1, 0.15) is 165 Å². The van der Waals surface area contributed by atoms with Gasteiger partial charge in [-0.3, -0.25) is 14.4 Å². The number of hydrogen-bond donors (Lipinski definition) is 1. The molecule has 0 amide bonds. The summed E-state index contributed by atoms with van der Waals surface area (Å²) in [7, 11) is 0. The van der Waals surface area contributed by atoms with Crippen molar-refractivity contribution >= 4 is 17.3 Å². The predicted molar refractivity (Wildman–Crippen MR) is 229 cm³/mol. The molecule has 3 aromatic rings.